The van der Waals surface area contributed by atoms with Crippen molar-refractivity contribution >= 4 is 16.9 Å². The van der Waals surface area contributed by atoms with Crippen LogP contribution >= 0.6 is 0 Å². The molecule has 0 spiro atoms. The minimum atomic E-state index is 0.0277. The van der Waals surface area contributed by atoms with E-state index in [0.29, 0.717) is 6.42 Å². The lowest BCUT2D eigenvalue weighted by atomic mass is 10.0. The molecule has 4 heteroatoms. The van der Waals surface area contributed by atoms with Crippen LogP contribution in [0.5, 0.6) is 0 Å². The Morgan fingerprint density at radius 3 is 1.79 bits per heavy atom. The molecule has 0 aliphatic rings. The van der Waals surface area contributed by atoms with Crippen molar-refractivity contribution in [1.82, 2.24) is 15.0 Å². The maximum atomic E-state index is 12.4. The molecule has 0 saturated heterocycles. The van der Waals surface area contributed by atoms with Crippen LogP contribution in [-0.2, 0) is 0 Å². The van der Waals surface area contributed by atoms with E-state index in [1.807, 2.05) is 24.3 Å². The third-order valence-electron chi connectivity index (χ3n) is 6.74. The fourth-order valence-corrected chi connectivity index (χ4v) is 4.58. The first-order valence-electron chi connectivity index (χ1n) is 14.3. The van der Waals surface area contributed by atoms with Crippen LogP contribution in [0.3, 0.4) is 0 Å². The van der Waals surface area contributed by atoms with E-state index < -0.39 is 0 Å². The highest BCUT2D eigenvalue weighted by atomic mass is 16.2. The van der Waals surface area contributed by atoms with Gasteiger partial charge in [0.2, 0.25) is 5.91 Å². The molecule has 0 amide bonds. The molecule has 0 unspecified atom stereocenters. The summed E-state index contributed by atoms with van der Waals surface area (Å²) >= 11 is 0. The molecule has 1 heterocycles. The van der Waals surface area contributed by atoms with Gasteiger partial charge in [0.05, 0.1) is 5.52 Å². The van der Waals surface area contributed by atoms with Gasteiger partial charge in [-0.15, -0.1) is 5.10 Å². The van der Waals surface area contributed by atoms with E-state index in [2.05, 4.69) is 29.4 Å². The van der Waals surface area contributed by atoms with Crippen molar-refractivity contribution in [1.29, 1.82) is 0 Å². The van der Waals surface area contributed by atoms with Crippen LogP contribution < -0.4 is 0 Å². The quantitative estimate of drug-likeness (QED) is 0.136. The number of fused-ring (bicyclic) bond motifs is 1. The Morgan fingerprint density at radius 2 is 1.21 bits per heavy atom. The Balaban J connectivity index is 1.32. The predicted octanol–water partition coefficient (Wildman–Crippen LogP) is 9.45. The lowest BCUT2D eigenvalue weighted by molar-refractivity contribution is 0.0887. The van der Waals surface area contributed by atoms with Gasteiger partial charge in [-0.1, -0.05) is 133 Å². The first kappa shape index (κ1) is 28.3. The van der Waals surface area contributed by atoms with Gasteiger partial charge in [0.15, 0.2) is 0 Å². The minimum Gasteiger partial charge on any atom is -0.273 e. The number of rotatable bonds is 21. The summed E-state index contributed by atoms with van der Waals surface area (Å²) in [6.07, 6.45) is 30.7. The van der Waals surface area contributed by atoms with Crippen molar-refractivity contribution < 1.29 is 4.79 Å². The maximum Gasteiger partial charge on any atom is 0.248 e. The van der Waals surface area contributed by atoms with Crippen molar-refractivity contribution in [2.45, 2.75) is 135 Å². The summed E-state index contributed by atoms with van der Waals surface area (Å²) in [6.45, 7) is 2.29. The molecule has 190 valence electrons. The Labute approximate surface area is 208 Å². The van der Waals surface area contributed by atoms with E-state index in [1.165, 1.54) is 114 Å². The summed E-state index contributed by atoms with van der Waals surface area (Å²) in [5.74, 6) is 0.0277. The van der Waals surface area contributed by atoms with Gasteiger partial charge in [-0.05, 0) is 37.8 Å². The summed E-state index contributed by atoms with van der Waals surface area (Å²) < 4.78 is 1.44. The highest BCUT2D eigenvalue weighted by Gasteiger charge is 2.10. The van der Waals surface area contributed by atoms with Crippen molar-refractivity contribution in [3.05, 3.63) is 36.4 Å². The van der Waals surface area contributed by atoms with E-state index in [9.17, 15) is 4.79 Å². The van der Waals surface area contributed by atoms with Crippen LogP contribution in [0.1, 0.15) is 140 Å². The van der Waals surface area contributed by atoms with Crippen molar-refractivity contribution in [2.24, 2.45) is 0 Å². The fourth-order valence-electron chi connectivity index (χ4n) is 4.58. The van der Waals surface area contributed by atoms with Crippen molar-refractivity contribution in [3.63, 3.8) is 0 Å². The van der Waals surface area contributed by atoms with Crippen LogP contribution in [0.25, 0.3) is 11.0 Å². The molecule has 0 N–H and O–H groups in total. The molecular formula is C30H49N3O. The number of hydrogen-bond donors (Lipinski definition) is 0. The second-order valence-corrected chi connectivity index (χ2v) is 9.84. The summed E-state index contributed by atoms with van der Waals surface area (Å²) in [6, 6.07) is 7.60. The van der Waals surface area contributed by atoms with Gasteiger partial charge in [-0.3, -0.25) is 4.79 Å². The zero-order valence-electron chi connectivity index (χ0n) is 21.9. The van der Waals surface area contributed by atoms with Gasteiger partial charge >= 0.3 is 0 Å². The monoisotopic (exact) mass is 467 g/mol. The lowest BCUT2D eigenvalue weighted by Gasteiger charge is -2.03. The van der Waals surface area contributed by atoms with Crippen molar-refractivity contribution in [2.75, 3.05) is 0 Å². The smallest absolute Gasteiger partial charge is 0.248 e. The fraction of sp³-hybridized carbons (Fsp3) is 0.700. The molecule has 2 rings (SSSR count). The Hall–Kier alpha value is -1.97. The summed E-state index contributed by atoms with van der Waals surface area (Å²) in [4.78, 5) is 12.4. The van der Waals surface area contributed by atoms with E-state index in [-0.39, 0.29) is 5.91 Å². The largest absolute Gasteiger partial charge is 0.273 e. The molecule has 0 aliphatic carbocycles. The number of para-hydroxylation sites is 1. The number of unbranched alkanes of at least 4 members (excludes halogenated alkanes) is 17. The summed E-state index contributed by atoms with van der Waals surface area (Å²) in [7, 11) is 0. The molecule has 0 fully saturated rings. The van der Waals surface area contributed by atoms with Gasteiger partial charge in [-0.2, -0.15) is 4.68 Å². The van der Waals surface area contributed by atoms with Crippen LogP contribution in [0.2, 0.25) is 0 Å². The van der Waals surface area contributed by atoms with Crippen LogP contribution in [-0.4, -0.2) is 20.9 Å². The van der Waals surface area contributed by atoms with Gasteiger partial charge in [0, 0.05) is 6.42 Å². The molecule has 4 nitrogen and oxygen atoms in total. The second-order valence-electron chi connectivity index (χ2n) is 9.84. The Morgan fingerprint density at radius 1 is 0.706 bits per heavy atom. The lowest BCUT2D eigenvalue weighted by Crippen LogP contribution is -2.11. The highest BCUT2D eigenvalue weighted by Crippen LogP contribution is 2.15. The molecule has 0 atom stereocenters. The molecule has 0 bridgehead atoms. The predicted molar refractivity (Wildman–Crippen MR) is 145 cm³/mol. The minimum absolute atomic E-state index is 0.0277. The second kappa shape index (κ2) is 19.3. The van der Waals surface area contributed by atoms with E-state index in [1.54, 1.807) is 0 Å². The average molecular weight is 468 g/mol. The van der Waals surface area contributed by atoms with Gasteiger partial charge in [0.25, 0.3) is 0 Å². The molecule has 2 aromatic rings. The number of allylic oxidation sites excluding steroid dienone is 2. The van der Waals surface area contributed by atoms with E-state index in [0.717, 1.165) is 23.9 Å². The summed E-state index contributed by atoms with van der Waals surface area (Å²) in [5.41, 5.74) is 1.57. The normalized spacial score (nSPS) is 11.7. The molecule has 34 heavy (non-hydrogen) atoms. The maximum absolute atomic E-state index is 12.4. The van der Waals surface area contributed by atoms with Crippen LogP contribution in [0, 0.1) is 0 Å². The third-order valence-corrected chi connectivity index (χ3v) is 6.74. The number of benzene rings is 1. The van der Waals surface area contributed by atoms with Crippen LogP contribution in [0.4, 0.5) is 0 Å². The van der Waals surface area contributed by atoms with Gasteiger partial charge < -0.3 is 0 Å². The SMILES string of the molecule is CCCCCCCCCCCCCCCCCC/C=C/CCCC(=O)n1nnc2ccccc21. The number of carbonyl (C=O) groups is 1. The molecule has 0 radical (unpaired) electrons. The standard InChI is InChI=1S/C30H49N3O/c1-2-3-4-5-6-7-8-9-10-11-12-13-14-15-16-17-18-19-20-21-22-27-30(34)33-29-26-24-23-25-28(29)31-32-33/h19-20,23-26H,2-18,21-22,27H2,1H3/b20-19+. The molecule has 0 saturated carbocycles. The number of aromatic nitrogens is 3. The Bertz CT molecular complexity index is 795. The van der Waals surface area contributed by atoms with E-state index in [4.69, 9.17) is 0 Å². The van der Waals surface area contributed by atoms with Crippen LogP contribution in [0.15, 0.2) is 36.4 Å². The number of nitrogens with zero attached hydrogens (tertiary/aromatic N) is 3. The zero-order valence-corrected chi connectivity index (χ0v) is 21.9. The number of hydrogen-bond acceptors (Lipinski definition) is 3. The molecule has 1 aromatic carbocycles. The first-order valence-corrected chi connectivity index (χ1v) is 14.3. The van der Waals surface area contributed by atoms with Crippen molar-refractivity contribution in [3.8, 4) is 0 Å². The Kier molecular flexibility index (Phi) is 16.1. The number of carbonyl (C=O) groups excluding carboxylic acids is 1. The summed E-state index contributed by atoms with van der Waals surface area (Å²) in [5, 5.41) is 8.05. The molecule has 1 aromatic heterocycles. The average Bonchev–Trinajstić information content (AvgIpc) is 3.29. The molecule has 0 aliphatic heterocycles. The third kappa shape index (κ3) is 12.5. The highest BCUT2D eigenvalue weighted by molar-refractivity contribution is 5.88. The topological polar surface area (TPSA) is 47.8 Å². The van der Waals surface area contributed by atoms with Gasteiger partial charge in [-0.25, -0.2) is 0 Å². The zero-order chi connectivity index (χ0) is 24.1. The van der Waals surface area contributed by atoms with E-state index >= 15 is 0 Å². The van der Waals surface area contributed by atoms with Gasteiger partial charge in [0.1, 0.15) is 5.52 Å². The molecular weight excluding hydrogens is 418 g/mol. The first-order chi connectivity index (χ1) is 16.8.